The summed E-state index contributed by atoms with van der Waals surface area (Å²) >= 11 is 2.80. The van der Waals surface area contributed by atoms with Crippen LogP contribution in [-0.4, -0.2) is 65.4 Å². The predicted molar refractivity (Wildman–Crippen MR) is 198 cm³/mol. The van der Waals surface area contributed by atoms with E-state index in [1.165, 1.54) is 22.7 Å². The molecule has 3 unspecified atom stereocenters. The Morgan fingerprint density at radius 1 is 0.686 bits per heavy atom. The standard InChI is InChI=1S/C19H23N3O3S.C18H19N3O3S/c1-11(23)17-16(18-19(12(2)24)26-13(3)20-18)10-22(21-17)9-14-5-7-15(25-4)8-6-14;1-11(23)17-15(18-16(10-22)25-12(2)19-18)9-21(20-17)8-13-4-6-14(24-3)7-5-13/h5-8,10-12,23-24H,9H2,1-4H3;4-7,9-11,23H,8H2,1-3H3. The Hall–Kier alpha value is -4.73. The van der Waals surface area contributed by atoms with Crippen LogP contribution >= 0.6 is 22.7 Å². The first kappa shape index (κ1) is 37.5. The summed E-state index contributed by atoms with van der Waals surface area (Å²) < 4.78 is 13.9. The number of aryl methyl sites for hydroxylation is 2. The van der Waals surface area contributed by atoms with E-state index in [4.69, 9.17) is 9.47 Å². The Kier molecular flexibility index (Phi) is 12.2. The molecule has 14 heteroatoms. The number of aromatic nitrogens is 6. The minimum Gasteiger partial charge on any atom is -0.497 e. The fourth-order valence-corrected chi connectivity index (χ4v) is 7.12. The van der Waals surface area contributed by atoms with Gasteiger partial charge in [0, 0.05) is 23.5 Å². The first-order valence-electron chi connectivity index (χ1n) is 16.3. The zero-order chi connectivity index (χ0) is 36.8. The van der Waals surface area contributed by atoms with Crippen LogP contribution in [0.1, 0.15) is 86.2 Å². The van der Waals surface area contributed by atoms with E-state index in [0.29, 0.717) is 46.3 Å². The van der Waals surface area contributed by atoms with Crippen molar-refractivity contribution < 1.29 is 29.6 Å². The van der Waals surface area contributed by atoms with E-state index in [1.807, 2.05) is 74.8 Å². The SMILES string of the molecule is COc1ccc(Cn2cc(-c3nc(C)sc3C(C)O)c(C(C)O)n2)cc1.COc1ccc(Cn2cc(-c3nc(C)sc3C=O)c(C(C)O)n2)cc1. The molecule has 51 heavy (non-hydrogen) atoms. The van der Waals surface area contributed by atoms with Crippen LogP contribution in [-0.2, 0) is 13.1 Å². The minimum absolute atomic E-state index is 0.516. The highest BCUT2D eigenvalue weighted by Gasteiger charge is 2.23. The number of aliphatic hydroxyl groups excluding tert-OH is 3. The van der Waals surface area contributed by atoms with Crippen molar-refractivity contribution in [3.8, 4) is 34.0 Å². The fourth-order valence-electron chi connectivity index (χ4n) is 5.49. The highest BCUT2D eigenvalue weighted by molar-refractivity contribution is 7.13. The van der Waals surface area contributed by atoms with Gasteiger partial charge in [0.2, 0.25) is 0 Å². The normalized spacial score (nSPS) is 12.9. The molecule has 0 saturated heterocycles. The van der Waals surface area contributed by atoms with Gasteiger partial charge < -0.3 is 24.8 Å². The van der Waals surface area contributed by atoms with E-state index < -0.39 is 18.3 Å². The number of aliphatic hydroxyl groups is 3. The van der Waals surface area contributed by atoms with Crippen LogP contribution in [0.3, 0.4) is 0 Å². The molecule has 3 N–H and O–H groups in total. The highest BCUT2D eigenvalue weighted by atomic mass is 32.1. The number of carbonyl (C=O) groups excluding carboxylic acids is 1. The zero-order valence-electron chi connectivity index (χ0n) is 29.6. The molecule has 0 saturated carbocycles. The van der Waals surface area contributed by atoms with Crippen molar-refractivity contribution in [3.05, 3.63) is 103 Å². The summed E-state index contributed by atoms with van der Waals surface area (Å²) in [6.07, 6.45) is 2.40. The highest BCUT2D eigenvalue weighted by Crippen LogP contribution is 2.36. The number of hydrogen-bond acceptors (Lipinski definition) is 12. The summed E-state index contributed by atoms with van der Waals surface area (Å²) in [4.78, 5) is 21.7. The van der Waals surface area contributed by atoms with E-state index in [2.05, 4.69) is 20.2 Å². The lowest BCUT2D eigenvalue weighted by molar-refractivity contribution is 0.112. The van der Waals surface area contributed by atoms with Crippen molar-refractivity contribution in [1.29, 1.82) is 0 Å². The van der Waals surface area contributed by atoms with Gasteiger partial charge in [0.1, 0.15) is 22.9 Å². The number of ether oxygens (including phenoxy) is 2. The van der Waals surface area contributed by atoms with Gasteiger partial charge in [-0.3, -0.25) is 14.2 Å². The monoisotopic (exact) mass is 730 g/mol. The second-order valence-corrected chi connectivity index (χ2v) is 14.5. The maximum atomic E-state index is 11.3. The number of hydrogen-bond donors (Lipinski definition) is 3. The number of benzene rings is 2. The van der Waals surface area contributed by atoms with Crippen LogP contribution in [0, 0.1) is 13.8 Å². The molecule has 6 rings (SSSR count). The average Bonchev–Trinajstić information content (AvgIpc) is 3.90. The van der Waals surface area contributed by atoms with Crippen LogP contribution < -0.4 is 9.47 Å². The van der Waals surface area contributed by atoms with Crippen molar-refractivity contribution >= 4 is 29.0 Å². The van der Waals surface area contributed by atoms with Gasteiger partial charge in [-0.15, -0.1) is 22.7 Å². The third kappa shape index (κ3) is 8.96. The summed E-state index contributed by atoms with van der Waals surface area (Å²) in [5.41, 5.74) is 5.92. The van der Waals surface area contributed by atoms with Crippen LogP contribution in [0.25, 0.3) is 22.5 Å². The lowest BCUT2D eigenvalue weighted by atomic mass is 10.1. The zero-order valence-corrected chi connectivity index (χ0v) is 31.2. The van der Waals surface area contributed by atoms with Gasteiger partial charge in [-0.05, 0) is 70.0 Å². The lowest BCUT2D eigenvalue weighted by Gasteiger charge is -2.06. The Morgan fingerprint density at radius 2 is 1.12 bits per heavy atom. The Balaban J connectivity index is 0.000000198. The number of aldehydes is 1. The molecule has 3 atom stereocenters. The summed E-state index contributed by atoms with van der Waals surface area (Å²) in [5.74, 6) is 1.60. The Morgan fingerprint density at radius 3 is 1.53 bits per heavy atom. The molecular formula is C37H42N6O6S2. The quantitative estimate of drug-likeness (QED) is 0.116. The number of methoxy groups -OCH3 is 2. The Labute approximate surface area is 304 Å². The maximum Gasteiger partial charge on any atom is 0.162 e. The maximum absolute atomic E-state index is 11.3. The van der Waals surface area contributed by atoms with E-state index in [-0.39, 0.29) is 0 Å². The largest absolute Gasteiger partial charge is 0.497 e. The third-order valence-corrected chi connectivity index (χ3v) is 9.93. The lowest BCUT2D eigenvalue weighted by Crippen LogP contribution is -2.02. The number of rotatable bonds is 12. The molecule has 0 bridgehead atoms. The van der Waals surface area contributed by atoms with Crippen LogP contribution in [0.15, 0.2) is 60.9 Å². The molecule has 2 aromatic carbocycles. The van der Waals surface area contributed by atoms with Crippen molar-refractivity contribution in [1.82, 2.24) is 29.5 Å². The minimum atomic E-state index is -0.756. The second kappa shape index (κ2) is 16.5. The van der Waals surface area contributed by atoms with Crippen molar-refractivity contribution in [2.24, 2.45) is 0 Å². The van der Waals surface area contributed by atoms with Gasteiger partial charge in [-0.1, -0.05) is 24.3 Å². The number of thiazole rings is 2. The topological polar surface area (TPSA) is 158 Å². The van der Waals surface area contributed by atoms with E-state index >= 15 is 0 Å². The van der Waals surface area contributed by atoms with Crippen molar-refractivity contribution in [3.63, 3.8) is 0 Å². The van der Waals surface area contributed by atoms with Crippen LogP contribution in [0.2, 0.25) is 0 Å². The molecule has 0 aliphatic rings. The first-order valence-corrected chi connectivity index (χ1v) is 17.9. The molecule has 0 aliphatic carbocycles. The van der Waals surface area contributed by atoms with Gasteiger partial charge in [0.05, 0.1) is 76.8 Å². The number of nitrogens with zero attached hydrogens (tertiary/aromatic N) is 6. The molecule has 4 aromatic heterocycles. The molecule has 0 radical (unpaired) electrons. The molecule has 0 fully saturated rings. The Bertz CT molecular complexity index is 2060. The summed E-state index contributed by atoms with van der Waals surface area (Å²) in [7, 11) is 3.27. The average molecular weight is 731 g/mol. The molecule has 0 amide bonds. The van der Waals surface area contributed by atoms with E-state index in [1.54, 1.807) is 44.4 Å². The first-order chi connectivity index (χ1) is 24.4. The fraction of sp³-hybridized carbons (Fsp3) is 0.324. The summed E-state index contributed by atoms with van der Waals surface area (Å²) in [6.45, 7) is 9.93. The molecule has 268 valence electrons. The molecule has 6 aromatic rings. The molecule has 4 heterocycles. The molecule has 12 nitrogen and oxygen atoms in total. The van der Waals surface area contributed by atoms with Crippen molar-refractivity contribution in [2.45, 2.75) is 66.0 Å². The summed E-state index contributed by atoms with van der Waals surface area (Å²) in [5, 5.41) is 41.0. The van der Waals surface area contributed by atoms with Gasteiger partial charge in [0.25, 0.3) is 0 Å². The van der Waals surface area contributed by atoms with Crippen molar-refractivity contribution in [2.75, 3.05) is 14.2 Å². The predicted octanol–water partition coefficient (Wildman–Crippen LogP) is 6.72. The molecular weight excluding hydrogens is 689 g/mol. The smallest absolute Gasteiger partial charge is 0.162 e. The van der Waals surface area contributed by atoms with Gasteiger partial charge in [-0.2, -0.15) is 10.2 Å². The molecule has 0 spiro atoms. The third-order valence-electron chi connectivity index (χ3n) is 7.90. The summed E-state index contributed by atoms with van der Waals surface area (Å²) in [6, 6.07) is 15.5. The van der Waals surface area contributed by atoms with E-state index in [0.717, 1.165) is 49.4 Å². The van der Waals surface area contributed by atoms with Crippen LogP contribution in [0.5, 0.6) is 11.5 Å². The van der Waals surface area contributed by atoms with Crippen LogP contribution in [0.4, 0.5) is 0 Å². The van der Waals surface area contributed by atoms with Gasteiger partial charge in [0.15, 0.2) is 6.29 Å². The van der Waals surface area contributed by atoms with Gasteiger partial charge >= 0.3 is 0 Å². The van der Waals surface area contributed by atoms with Gasteiger partial charge in [-0.25, -0.2) is 9.97 Å². The molecule has 0 aliphatic heterocycles. The second-order valence-electron chi connectivity index (χ2n) is 12.0. The van der Waals surface area contributed by atoms with E-state index in [9.17, 15) is 20.1 Å². The number of carbonyl (C=O) groups is 1.